The van der Waals surface area contributed by atoms with Crippen molar-refractivity contribution in [2.24, 2.45) is 0 Å². The Morgan fingerprint density at radius 3 is 1.94 bits per heavy atom. The highest BCUT2D eigenvalue weighted by atomic mass is 35.5. The number of halogens is 2. The van der Waals surface area contributed by atoms with Crippen LogP contribution in [0.25, 0.3) is 0 Å². The molecule has 1 unspecified atom stereocenters. The van der Waals surface area contributed by atoms with E-state index in [0.717, 1.165) is 11.1 Å². The van der Waals surface area contributed by atoms with E-state index < -0.39 is 16.0 Å². The number of rotatable bonds is 8. The molecule has 0 aromatic heterocycles. The van der Waals surface area contributed by atoms with Crippen LogP contribution in [-0.4, -0.2) is 56.3 Å². The number of hydrogen-bond donors (Lipinski definition) is 1. The molecule has 0 amide bonds. The number of likely N-dealkylation sites (N-methyl/N-ethyl adjacent to an activating group) is 1. The highest BCUT2D eigenvalue weighted by Gasteiger charge is 2.53. The zero-order valence-electron chi connectivity index (χ0n) is 19.4. The van der Waals surface area contributed by atoms with Crippen LogP contribution in [0.3, 0.4) is 0 Å². The molecule has 0 saturated carbocycles. The zero-order valence-corrected chi connectivity index (χ0v) is 21.8. The van der Waals surface area contributed by atoms with E-state index in [9.17, 15) is 18.3 Å². The van der Waals surface area contributed by atoms with Gasteiger partial charge in [0.05, 0.1) is 37.5 Å². The Balaban J connectivity index is 1.72. The lowest BCUT2D eigenvalue weighted by Crippen LogP contribution is -2.72. The van der Waals surface area contributed by atoms with Gasteiger partial charge in [-0.25, -0.2) is 4.79 Å². The summed E-state index contributed by atoms with van der Waals surface area (Å²) in [6.45, 7) is 3.13. The molecule has 35 heavy (non-hydrogen) atoms. The number of aromatic carboxylic acids is 1. The summed E-state index contributed by atoms with van der Waals surface area (Å²) in [6, 6.07) is 21.2. The molecule has 184 valence electrons. The van der Waals surface area contributed by atoms with E-state index in [-0.39, 0.29) is 28.1 Å². The molecule has 0 spiro atoms. The molecule has 4 rings (SSSR count). The summed E-state index contributed by atoms with van der Waals surface area (Å²) in [5.41, 5.74) is 2.61. The maximum Gasteiger partial charge on any atom is 0.335 e. The molecule has 3 aromatic carbocycles. The topological polar surface area (TPSA) is 74.7 Å². The molecular weight excluding hydrogens is 507 g/mol. The van der Waals surface area contributed by atoms with E-state index in [0.29, 0.717) is 28.8 Å². The van der Waals surface area contributed by atoms with Crippen LogP contribution in [0.15, 0.2) is 72.8 Å². The van der Waals surface area contributed by atoms with E-state index in [1.165, 1.54) is 18.4 Å². The van der Waals surface area contributed by atoms with Crippen LogP contribution >= 0.6 is 23.2 Å². The molecule has 1 heterocycles. The molecule has 1 N–H and O–H groups in total. The number of carbonyl (C=O) groups is 1. The van der Waals surface area contributed by atoms with Crippen LogP contribution in [0.2, 0.25) is 10.0 Å². The van der Waals surface area contributed by atoms with Crippen molar-refractivity contribution >= 4 is 44.9 Å². The number of benzene rings is 3. The largest absolute Gasteiger partial charge is 0.478 e. The maximum absolute atomic E-state index is 13.3. The summed E-state index contributed by atoms with van der Waals surface area (Å²) in [4.78, 5) is 13.8. The molecule has 3 aromatic rings. The van der Waals surface area contributed by atoms with E-state index >= 15 is 0 Å². The number of quaternary nitrogens is 1. The fourth-order valence-corrected chi connectivity index (χ4v) is 6.98. The Hall–Kier alpha value is -2.42. The first-order valence-electron chi connectivity index (χ1n) is 11.2. The number of nitrogens with zero attached hydrogens (tertiary/aromatic N) is 2. The van der Waals surface area contributed by atoms with Gasteiger partial charge in [-0.15, -0.1) is 0 Å². The minimum atomic E-state index is -3.64. The summed E-state index contributed by atoms with van der Waals surface area (Å²) in [5, 5.41) is 10.8. The van der Waals surface area contributed by atoms with Crippen LogP contribution in [-0.2, 0) is 10.0 Å². The second-order valence-electron chi connectivity index (χ2n) is 8.81. The Bertz CT molecular complexity index is 1280. The van der Waals surface area contributed by atoms with Gasteiger partial charge in [-0.3, -0.25) is 4.90 Å². The summed E-state index contributed by atoms with van der Waals surface area (Å²) in [7, 11) is -3.64. The van der Waals surface area contributed by atoms with Gasteiger partial charge in [-0.05, 0) is 48.4 Å². The Labute approximate surface area is 216 Å². The van der Waals surface area contributed by atoms with Gasteiger partial charge in [-0.2, -0.15) is 12.3 Å². The molecule has 0 aliphatic carbocycles. The van der Waals surface area contributed by atoms with Gasteiger partial charge in [-0.1, -0.05) is 53.5 Å². The molecule has 9 heteroatoms. The van der Waals surface area contributed by atoms with Crippen molar-refractivity contribution in [1.29, 1.82) is 0 Å². The van der Waals surface area contributed by atoms with Crippen LogP contribution in [0.4, 0.5) is 5.69 Å². The van der Waals surface area contributed by atoms with Gasteiger partial charge < -0.3 is 5.11 Å². The fourth-order valence-electron chi connectivity index (χ4n) is 5.09. The summed E-state index contributed by atoms with van der Waals surface area (Å²) >= 11 is 12.2. The molecule has 0 radical (unpaired) electrons. The van der Waals surface area contributed by atoms with E-state index in [2.05, 4.69) is 4.90 Å². The summed E-state index contributed by atoms with van der Waals surface area (Å²) in [5.74, 6) is -1.09. The van der Waals surface area contributed by atoms with E-state index in [1.54, 1.807) is 12.1 Å². The van der Waals surface area contributed by atoms with E-state index in [4.69, 9.17) is 23.2 Å². The Morgan fingerprint density at radius 2 is 1.51 bits per heavy atom. The van der Waals surface area contributed by atoms with Crippen molar-refractivity contribution in [3.8, 4) is 0 Å². The number of carboxylic acid groups (broad SMARTS) is 1. The van der Waals surface area contributed by atoms with Crippen molar-refractivity contribution in [2.75, 3.05) is 25.9 Å². The van der Waals surface area contributed by atoms with Crippen molar-refractivity contribution in [1.82, 2.24) is 8.79 Å². The molecule has 1 aliphatic heterocycles. The first-order valence-corrected chi connectivity index (χ1v) is 13.8. The highest BCUT2D eigenvalue weighted by Crippen LogP contribution is 2.40. The number of carboxylic acids is 1. The molecule has 1 saturated heterocycles. The van der Waals surface area contributed by atoms with Crippen LogP contribution < -0.4 is 3.89 Å². The summed E-state index contributed by atoms with van der Waals surface area (Å²) < 4.78 is 26.2. The van der Waals surface area contributed by atoms with Crippen molar-refractivity contribution in [3.05, 3.63) is 99.5 Å². The predicted molar refractivity (Wildman–Crippen MR) is 141 cm³/mol. The van der Waals surface area contributed by atoms with Crippen LogP contribution in [0.1, 0.15) is 34.5 Å². The van der Waals surface area contributed by atoms with Gasteiger partial charge in [0.1, 0.15) is 11.7 Å². The second kappa shape index (κ2) is 9.91. The van der Waals surface area contributed by atoms with Gasteiger partial charge in [0, 0.05) is 22.2 Å². The fraction of sp³-hybridized carbons (Fsp3) is 0.269. The lowest BCUT2D eigenvalue weighted by molar-refractivity contribution is 0.0568. The lowest BCUT2D eigenvalue weighted by atomic mass is 9.92. The Kier molecular flexibility index (Phi) is 7.27. The molecule has 0 bridgehead atoms. The second-order valence-corrected chi connectivity index (χ2v) is 11.8. The third-order valence-corrected chi connectivity index (χ3v) is 9.26. The zero-order chi connectivity index (χ0) is 25.4. The molecule has 6 nitrogen and oxygen atoms in total. The molecule has 1 fully saturated rings. The van der Waals surface area contributed by atoms with Crippen molar-refractivity contribution in [2.45, 2.75) is 19.0 Å². The van der Waals surface area contributed by atoms with Gasteiger partial charge >= 0.3 is 5.97 Å². The predicted octanol–water partition coefficient (Wildman–Crippen LogP) is 5.45. The highest BCUT2D eigenvalue weighted by molar-refractivity contribution is 7.90. The van der Waals surface area contributed by atoms with Gasteiger partial charge in [0.2, 0.25) is 0 Å². The van der Waals surface area contributed by atoms with Gasteiger partial charge in [0.15, 0.2) is 0 Å². The number of likely N-dealkylation sites (tertiary alicyclic amines) is 1. The third kappa shape index (κ3) is 4.84. The molecule has 1 atom stereocenters. The third-order valence-electron chi connectivity index (χ3n) is 6.81. The molecule has 1 aliphatic rings. The average molecular weight is 534 g/mol. The summed E-state index contributed by atoms with van der Waals surface area (Å²) in [6.07, 6.45) is 1.22. The van der Waals surface area contributed by atoms with Crippen molar-refractivity contribution in [3.63, 3.8) is 0 Å². The smallest absolute Gasteiger partial charge is 0.335 e. The minimum Gasteiger partial charge on any atom is -0.478 e. The first-order chi connectivity index (χ1) is 16.6. The maximum atomic E-state index is 13.3. The van der Waals surface area contributed by atoms with Crippen LogP contribution in [0, 0.1) is 0 Å². The quantitative estimate of drug-likeness (QED) is 0.389. The molecular formula is C26H27Cl2N2O4S+. The standard InChI is InChI=1S/C26H26Cl2N2O4S/c1-3-30(35(2,33)34,23-6-4-5-20(15-23)26(31)32)24-16-29(17-24)25(18-7-11-21(27)12-8-18)19-9-13-22(28)14-10-19/h4-15,24-25H,3,16-17H2,1-2H3/p+1. The normalized spacial score (nSPS) is 16.6. The average Bonchev–Trinajstić information content (AvgIpc) is 2.79. The Morgan fingerprint density at radius 1 is 1.00 bits per heavy atom. The van der Waals surface area contributed by atoms with Gasteiger partial charge in [0.25, 0.3) is 10.0 Å². The first kappa shape index (κ1) is 25.7. The lowest BCUT2D eigenvalue weighted by Gasteiger charge is -2.52. The number of hydrogen-bond acceptors (Lipinski definition) is 4. The van der Waals surface area contributed by atoms with Crippen molar-refractivity contribution < 1.29 is 18.3 Å². The van der Waals surface area contributed by atoms with Crippen LogP contribution in [0.5, 0.6) is 0 Å². The monoisotopic (exact) mass is 533 g/mol. The SMILES string of the molecule is CC[N+](c1cccc(C(=O)O)c1)(C1CN(C(c2ccc(Cl)cc2)c2ccc(Cl)cc2)C1)S(C)(=O)=O. The number of sulfonamides is 1. The van der Waals surface area contributed by atoms with E-state index in [1.807, 2.05) is 55.5 Å². The minimum absolute atomic E-state index is 0.0680.